The lowest BCUT2D eigenvalue weighted by atomic mass is 9.96. The molecule has 110 valence electrons. The lowest BCUT2D eigenvalue weighted by molar-refractivity contribution is -0.151. The zero-order chi connectivity index (χ0) is 13.9. The molecule has 0 radical (unpaired) electrons. The van der Waals surface area contributed by atoms with Crippen molar-refractivity contribution in [1.29, 1.82) is 0 Å². The molecular weight excluding hydrogens is 262 g/mol. The van der Waals surface area contributed by atoms with Gasteiger partial charge >= 0.3 is 5.97 Å². The number of nitrogens with one attached hydrogen (secondary N) is 1. The number of esters is 1. The first kappa shape index (κ1) is 15.1. The van der Waals surface area contributed by atoms with E-state index in [2.05, 4.69) is 12.2 Å². The van der Waals surface area contributed by atoms with Crippen LogP contribution in [0.3, 0.4) is 0 Å². The molecule has 0 bridgehead atoms. The molecule has 1 aliphatic carbocycles. The van der Waals surface area contributed by atoms with Crippen molar-refractivity contribution >= 4 is 17.7 Å². The summed E-state index contributed by atoms with van der Waals surface area (Å²) in [6.45, 7) is 5.27. The van der Waals surface area contributed by atoms with Crippen LogP contribution in [0.4, 0.5) is 0 Å². The summed E-state index contributed by atoms with van der Waals surface area (Å²) in [6.07, 6.45) is 3.62. The van der Waals surface area contributed by atoms with E-state index >= 15 is 0 Å². The fourth-order valence-corrected chi connectivity index (χ4v) is 4.31. The standard InChI is InChI=1S/C14H25NO3S/c1-4-17-13(16)14(15-3,11-5-6-11)9-19-12-7-8-18-10(12)2/h10-12,15H,4-9H2,1-3H3. The third kappa shape index (κ3) is 3.26. The number of hydrogen-bond acceptors (Lipinski definition) is 5. The summed E-state index contributed by atoms with van der Waals surface area (Å²) in [4.78, 5) is 12.3. The highest BCUT2D eigenvalue weighted by molar-refractivity contribution is 8.00. The molecule has 4 nitrogen and oxygen atoms in total. The summed E-state index contributed by atoms with van der Waals surface area (Å²) < 4.78 is 10.9. The van der Waals surface area contributed by atoms with E-state index in [0.717, 1.165) is 31.6 Å². The van der Waals surface area contributed by atoms with E-state index in [9.17, 15) is 4.79 Å². The van der Waals surface area contributed by atoms with Gasteiger partial charge in [-0.3, -0.25) is 4.79 Å². The average Bonchev–Trinajstić information content (AvgIpc) is 3.16. The number of hydrogen-bond donors (Lipinski definition) is 1. The molecule has 2 aliphatic rings. The topological polar surface area (TPSA) is 47.6 Å². The van der Waals surface area contributed by atoms with Gasteiger partial charge in [-0.15, -0.1) is 0 Å². The first-order valence-electron chi connectivity index (χ1n) is 7.23. The molecule has 1 N–H and O–H groups in total. The summed E-state index contributed by atoms with van der Waals surface area (Å²) in [5, 5.41) is 3.77. The van der Waals surface area contributed by atoms with Crippen molar-refractivity contribution in [2.24, 2.45) is 5.92 Å². The predicted octanol–water partition coefficient (Wildman–Crippen LogP) is 1.83. The number of carbonyl (C=O) groups excluding carboxylic acids is 1. The van der Waals surface area contributed by atoms with Gasteiger partial charge in [-0.1, -0.05) is 0 Å². The van der Waals surface area contributed by atoms with Gasteiger partial charge in [0.15, 0.2) is 0 Å². The Hall–Kier alpha value is -0.260. The van der Waals surface area contributed by atoms with Crippen molar-refractivity contribution < 1.29 is 14.3 Å². The largest absolute Gasteiger partial charge is 0.465 e. The zero-order valence-electron chi connectivity index (χ0n) is 12.1. The third-order valence-corrected chi connectivity index (χ3v) is 5.86. The average molecular weight is 287 g/mol. The van der Waals surface area contributed by atoms with Crippen molar-refractivity contribution in [2.45, 2.75) is 50.0 Å². The SMILES string of the molecule is CCOC(=O)C(CSC1CCOC1C)(NC)C1CC1. The summed E-state index contributed by atoms with van der Waals surface area (Å²) in [6, 6.07) is 0. The number of likely N-dealkylation sites (N-methyl/N-ethyl adjacent to an activating group) is 1. The van der Waals surface area contributed by atoms with E-state index in [1.807, 2.05) is 25.7 Å². The van der Waals surface area contributed by atoms with Crippen molar-refractivity contribution in [1.82, 2.24) is 5.32 Å². The normalized spacial score (nSPS) is 30.1. The minimum atomic E-state index is -0.497. The van der Waals surface area contributed by atoms with Crippen LogP contribution in [0.15, 0.2) is 0 Å². The molecule has 1 aliphatic heterocycles. The molecule has 5 heteroatoms. The van der Waals surface area contributed by atoms with E-state index in [-0.39, 0.29) is 5.97 Å². The second-order valence-electron chi connectivity index (χ2n) is 5.43. The van der Waals surface area contributed by atoms with Gasteiger partial charge < -0.3 is 14.8 Å². The number of rotatable bonds is 7. The van der Waals surface area contributed by atoms with E-state index in [0.29, 0.717) is 23.9 Å². The molecule has 3 atom stereocenters. The van der Waals surface area contributed by atoms with Crippen molar-refractivity contribution in [3.05, 3.63) is 0 Å². The Morgan fingerprint density at radius 2 is 2.21 bits per heavy atom. The van der Waals surface area contributed by atoms with Gasteiger partial charge in [0.2, 0.25) is 0 Å². The molecule has 1 saturated carbocycles. The van der Waals surface area contributed by atoms with Gasteiger partial charge in [0.25, 0.3) is 0 Å². The predicted molar refractivity (Wildman–Crippen MR) is 77.4 cm³/mol. The summed E-state index contributed by atoms with van der Waals surface area (Å²) >= 11 is 1.86. The Kier molecular flexibility index (Phi) is 5.15. The monoisotopic (exact) mass is 287 g/mol. The Labute approximate surface area is 120 Å². The molecule has 0 aromatic rings. The van der Waals surface area contributed by atoms with Crippen LogP contribution in [0.2, 0.25) is 0 Å². The molecule has 1 saturated heterocycles. The van der Waals surface area contributed by atoms with E-state index in [1.165, 1.54) is 0 Å². The van der Waals surface area contributed by atoms with Crippen LogP contribution in [0.1, 0.15) is 33.1 Å². The number of thioether (sulfide) groups is 1. The van der Waals surface area contributed by atoms with Crippen LogP contribution >= 0.6 is 11.8 Å². The second kappa shape index (κ2) is 6.46. The Balaban J connectivity index is 1.98. The smallest absolute Gasteiger partial charge is 0.327 e. The highest BCUT2D eigenvalue weighted by Gasteiger charge is 2.51. The van der Waals surface area contributed by atoms with Crippen LogP contribution in [-0.2, 0) is 14.3 Å². The molecule has 3 unspecified atom stereocenters. The Bertz CT molecular complexity index is 322. The van der Waals surface area contributed by atoms with Gasteiger partial charge in [-0.2, -0.15) is 11.8 Å². The molecule has 0 aromatic heterocycles. The molecule has 0 spiro atoms. The van der Waals surface area contributed by atoms with Gasteiger partial charge in [0.1, 0.15) is 5.54 Å². The third-order valence-electron chi connectivity index (χ3n) is 4.19. The fourth-order valence-electron chi connectivity index (χ4n) is 2.73. The summed E-state index contributed by atoms with van der Waals surface area (Å²) in [5.41, 5.74) is -0.497. The first-order chi connectivity index (χ1) is 9.14. The van der Waals surface area contributed by atoms with Gasteiger partial charge in [-0.05, 0) is 46.1 Å². The van der Waals surface area contributed by atoms with E-state index < -0.39 is 5.54 Å². The molecule has 1 heterocycles. The maximum Gasteiger partial charge on any atom is 0.327 e. The van der Waals surface area contributed by atoms with Crippen LogP contribution in [-0.4, -0.2) is 48.9 Å². The molecule has 19 heavy (non-hydrogen) atoms. The summed E-state index contributed by atoms with van der Waals surface area (Å²) in [5.74, 6) is 1.13. The van der Waals surface area contributed by atoms with Gasteiger partial charge in [0, 0.05) is 17.6 Å². The molecule has 0 aromatic carbocycles. The first-order valence-corrected chi connectivity index (χ1v) is 8.28. The lowest BCUT2D eigenvalue weighted by Gasteiger charge is -2.32. The van der Waals surface area contributed by atoms with Crippen molar-refractivity contribution in [3.8, 4) is 0 Å². The molecule has 0 amide bonds. The van der Waals surface area contributed by atoms with Crippen LogP contribution in [0.5, 0.6) is 0 Å². The van der Waals surface area contributed by atoms with Gasteiger partial charge in [0.05, 0.1) is 12.7 Å². The highest BCUT2D eigenvalue weighted by Crippen LogP contribution is 2.43. The molecular formula is C14H25NO3S. The van der Waals surface area contributed by atoms with E-state index in [1.54, 1.807) is 0 Å². The van der Waals surface area contributed by atoms with Crippen LogP contribution < -0.4 is 5.32 Å². The van der Waals surface area contributed by atoms with Gasteiger partial charge in [-0.25, -0.2) is 0 Å². The molecule has 2 rings (SSSR count). The second-order valence-corrected chi connectivity index (χ2v) is 6.66. The lowest BCUT2D eigenvalue weighted by Crippen LogP contribution is -2.56. The maximum atomic E-state index is 12.3. The zero-order valence-corrected chi connectivity index (χ0v) is 12.9. The quantitative estimate of drug-likeness (QED) is 0.724. The van der Waals surface area contributed by atoms with Crippen LogP contribution in [0, 0.1) is 5.92 Å². The van der Waals surface area contributed by atoms with Crippen molar-refractivity contribution in [2.75, 3.05) is 26.0 Å². The summed E-state index contributed by atoms with van der Waals surface area (Å²) in [7, 11) is 1.88. The van der Waals surface area contributed by atoms with Crippen LogP contribution in [0.25, 0.3) is 0 Å². The minimum absolute atomic E-state index is 0.0842. The van der Waals surface area contributed by atoms with E-state index in [4.69, 9.17) is 9.47 Å². The Morgan fingerprint density at radius 3 is 2.68 bits per heavy atom. The Morgan fingerprint density at radius 1 is 1.47 bits per heavy atom. The number of ether oxygens (including phenoxy) is 2. The van der Waals surface area contributed by atoms with Crippen molar-refractivity contribution in [3.63, 3.8) is 0 Å². The highest BCUT2D eigenvalue weighted by atomic mass is 32.2. The minimum Gasteiger partial charge on any atom is -0.465 e. The molecule has 2 fully saturated rings. The number of carbonyl (C=O) groups is 1. The maximum absolute atomic E-state index is 12.3. The fraction of sp³-hybridized carbons (Fsp3) is 0.929.